The van der Waals surface area contributed by atoms with E-state index in [4.69, 9.17) is 0 Å². The number of hydrogen-bond donors (Lipinski definition) is 2. The molecule has 152 valence electrons. The summed E-state index contributed by atoms with van der Waals surface area (Å²) in [5.74, 6) is -0.736. The molecule has 0 bridgehead atoms. The molecule has 0 saturated heterocycles. The van der Waals surface area contributed by atoms with E-state index >= 15 is 0 Å². The highest BCUT2D eigenvalue weighted by atomic mass is 32.1. The highest BCUT2D eigenvalue weighted by Crippen LogP contribution is 2.29. The van der Waals surface area contributed by atoms with E-state index in [9.17, 15) is 14.0 Å². The minimum Gasteiger partial charge on any atom is -0.273 e. The normalized spacial score (nSPS) is 14.8. The SMILES string of the molecule is Cc1nn(Cc2ccc(F)cc2)c2sc(C(=O)NNC(=O)C3CCCCC3)cc12. The second kappa shape index (κ2) is 8.32. The molecule has 2 aromatic heterocycles. The molecule has 0 atom stereocenters. The molecule has 3 aromatic rings. The van der Waals surface area contributed by atoms with Crippen LogP contribution >= 0.6 is 11.3 Å². The largest absolute Gasteiger partial charge is 0.279 e. The number of thiophene rings is 1. The van der Waals surface area contributed by atoms with E-state index in [-0.39, 0.29) is 23.5 Å². The van der Waals surface area contributed by atoms with Crippen LogP contribution < -0.4 is 10.9 Å². The topological polar surface area (TPSA) is 76.0 Å². The standard InChI is InChI=1S/C21H23FN4O2S/c1-13-17-11-18(20(28)24-23-19(27)15-5-3-2-4-6-15)29-21(17)26(25-13)12-14-7-9-16(22)10-8-14/h7-11,15H,2-6,12H2,1H3,(H,23,27)(H,24,28). The molecule has 1 aromatic carbocycles. The van der Waals surface area contributed by atoms with Gasteiger partial charge in [0, 0.05) is 11.3 Å². The predicted octanol–water partition coefficient (Wildman–Crippen LogP) is 3.93. The van der Waals surface area contributed by atoms with E-state index < -0.39 is 0 Å². The lowest BCUT2D eigenvalue weighted by Gasteiger charge is -2.20. The minimum atomic E-state index is -0.330. The number of amides is 2. The van der Waals surface area contributed by atoms with Gasteiger partial charge in [-0.2, -0.15) is 5.10 Å². The second-order valence-corrected chi connectivity index (χ2v) is 8.51. The average molecular weight is 415 g/mol. The summed E-state index contributed by atoms with van der Waals surface area (Å²) < 4.78 is 14.9. The second-order valence-electron chi connectivity index (χ2n) is 7.48. The van der Waals surface area contributed by atoms with Crippen molar-refractivity contribution < 1.29 is 14.0 Å². The van der Waals surface area contributed by atoms with Crippen molar-refractivity contribution in [2.75, 3.05) is 0 Å². The zero-order valence-electron chi connectivity index (χ0n) is 16.2. The van der Waals surface area contributed by atoms with Crippen LogP contribution in [0.1, 0.15) is 53.0 Å². The highest BCUT2D eigenvalue weighted by molar-refractivity contribution is 7.20. The molecule has 29 heavy (non-hydrogen) atoms. The first-order chi connectivity index (χ1) is 14.0. The minimum absolute atomic E-state index is 0.0158. The molecule has 0 aliphatic heterocycles. The van der Waals surface area contributed by atoms with Gasteiger partial charge < -0.3 is 0 Å². The van der Waals surface area contributed by atoms with Gasteiger partial charge >= 0.3 is 0 Å². The Hall–Kier alpha value is -2.74. The highest BCUT2D eigenvalue weighted by Gasteiger charge is 2.22. The van der Waals surface area contributed by atoms with Gasteiger partial charge in [-0.05, 0) is 43.5 Å². The quantitative estimate of drug-likeness (QED) is 0.635. The average Bonchev–Trinajstić information content (AvgIpc) is 3.30. The predicted molar refractivity (Wildman–Crippen MR) is 110 cm³/mol. The molecule has 2 N–H and O–H groups in total. The molecule has 2 heterocycles. The summed E-state index contributed by atoms with van der Waals surface area (Å²) in [6.45, 7) is 2.38. The lowest BCUT2D eigenvalue weighted by molar-refractivity contribution is -0.126. The number of carbonyl (C=O) groups excluding carboxylic acids is 2. The molecule has 2 amide bonds. The Labute approximate surface area is 172 Å². The molecule has 8 heteroatoms. The summed E-state index contributed by atoms with van der Waals surface area (Å²) in [6.07, 6.45) is 5.05. The van der Waals surface area contributed by atoms with Crippen LogP contribution in [0.25, 0.3) is 10.2 Å². The van der Waals surface area contributed by atoms with Crippen LogP contribution in [0, 0.1) is 18.7 Å². The molecule has 0 unspecified atom stereocenters. The summed E-state index contributed by atoms with van der Waals surface area (Å²) >= 11 is 1.33. The number of halogens is 1. The maximum atomic E-state index is 13.1. The first-order valence-corrected chi connectivity index (χ1v) is 10.6. The van der Waals surface area contributed by atoms with Crippen molar-refractivity contribution in [3.05, 3.63) is 52.3 Å². The van der Waals surface area contributed by atoms with Crippen molar-refractivity contribution in [1.82, 2.24) is 20.6 Å². The van der Waals surface area contributed by atoms with Crippen LogP contribution in [0.15, 0.2) is 30.3 Å². The van der Waals surface area contributed by atoms with Gasteiger partial charge in [0.1, 0.15) is 10.6 Å². The fraction of sp³-hybridized carbons (Fsp3) is 0.381. The molecule has 6 nitrogen and oxygen atoms in total. The van der Waals surface area contributed by atoms with E-state index in [1.54, 1.807) is 18.2 Å². The van der Waals surface area contributed by atoms with E-state index in [1.165, 1.54) is 29.9 Å². The van der Waals surface area contributed by atoms with Crippen LogP contribution in [-0.2, 0) is 11.3 Å². The number of nitrogens with zero attached hydrogens (tertiary/aromatic N) is 2. The van der Waals surface area contributed by atoms with Gasteiger partial charge in [0.25, 0.3) is 5.91 Å². The first kappa shape index (κ1) is 19.6. The van der Waals surface area contributed by atoms with E-state index in [2.05, 4.69) is 16.0 Å². The van der Waals surface area contributed by atoms with Gasteiger partial charge in [0.15, 0.2) is 0 Å². The molecule has 1 aliphatic rings. The number of aromatic nitrogens is 2. The smallest absolute Gasteiger partial charge is 0.273 e. The van der Waals surface area contributed by atoms with Crippen LogP contribution in [0.2, 0.25) is 0 Å². The van der Waals surface area contributed by atoms with Crippen molar-refractivity contribution >= 4 is 33.4 Å². The number of carbonyl (C=O) groups is 2. The fourth-order valence-electron chi connectivity index (χ4n) is 3.74. The van der Waals surface area contributed by atoms with Crippen LogP contribution in [0.5, 0.6) is 0 Å². The zero-order valence-corrected chi connectivity index (χ0v) is 17.0. The number of aryl methyl sites for hydroxylation is 1. The van der Waals surface area contributed by atoms with Gasteiger partial charge in [0.2, 0.25) is 5.91 Å². The molecule has 1 saturated carbocycles. The van der Waals surface area contributed by atoms with Crippen LogP contribution in [0.4, 0.5) is 4.39 Å². The first-order valence-electron chi connectivity index (χ1n) is 9.83. The Bertz CT molecular complexity index is 1040. The van der Waals surface area contributed by atoms with Crippen molar-refractivity contribution in [1.29, 1.82) is 0 Å². The third-order valence-electron chi connectivity index (χ3n) is 5.35. The van der Waals surface area contributed by atoms with Crippen LogP contribution in [0.3, 0.4) is 0 Å². The summed E-state index contributed by atoms with van der Waals surface area (Å²) in [7, 11) is 0. The third-order valence-corrected chi connectivity index (χ3v) is 6.50. The lowest BCUT2D eigenvalue weighted by Crippen LogP contribution is -2.44. The molecule has 1 aliphatic carbocycles. The molecule has 0 spiro atoms. The number of benzene rings is 1. The Morgan fingerprint density at radius 1 is 1.17 bits per heavy atom. The van der Waals surface area contributed by atoms with Crippen molar-refractivity contribution in [3.63, 3.8) is 0 Å². The lowest BCUT2D eigenvalue weighted by atomic mass is 9.89. The number of nitrogens with one attached hydrogen (secondary N) is 2. The molecule has 0 radical (unpaired) electrons. The number of rotatable bonds is 4. The van der Waals surface area contributed by atoms with Crippen LogP contribution in [-0.4, -0.2) is 21.6 Å². The van der Waals surface area contributed by atoms with Crippen molar-refractivity contribution in [3.8, 4) is 0 Å². The molecule has 4 rings (SSSR count). The van der Waals surface area contributed by atoms with E-state index in [0.29, 0.717) is 11.4 Å². The summed E-state index contributed by atoms with van der Waals surface area (Å²) in [5, 5.41) is 5.44. The van der Waals surface area contributed by atoms with Gasteiger partial charge in [-0.25, -0.2) is 4.39 Å². The maximum Gasteiger partial charge on any atom is 0.279 e. The Kier molecular flexibility index (Phi) is 5.62. The number of fused-ring (bicyclic) bond motifs is 1. The van der Waals surface area contributed by atoms with Crippen molar-refractivity contribution in [2.24, 2.45) is 5.92 Å². The van der Waals surface area contributed by atoms with Gasteiger partial charge in [0.05, 0.1) is 17.1 Å². The Morgan fingerprint density at radius 2 is 1.90 bits per heavy atom. The summed E-state index contributed by atoms with van der Waals surface area (Å²) in [4.78, 5) is 26.1. The number of hydrazine groups is 1. The summed E-state index contributed by atoms with van der Waals surface area (Å²) in [6, 6.07) is 8.09. The molecular formula is C21H23FN4O2S. The Morgan fingerprint density at radius 3 is 2.62 bits per heavy atom. The van der Waals surface area contributed by atoms with Gasteiger partial charge in [-0.15, -0.1) is 11.3 Å². The third kappa shape index (κ3) is 4.32. The summed E-state index contributed by atoms with van der Waals surface area (Å²) in [5.41, 5.74) is 6.86. The van der Waals surface area contributed by atoms with Gasteiger partial charge in [-0.3, -0.25) is 25.1 Å². The van der Waals surface area contributed by atoms with Gasteiger partial charge in [-0.1, -0.05) is 31.4 Å². The van der Waals surface area contributed by atoms with E-state index in [1.807, 2.05) is 11.6 Å². The van der Waals surface area contributed by atoms with E-state index in [0.717, 1.165) is 47.2 Å². The Balaban J connectivity index is 1.46. The van der Waals surface area contributed by atoms with Crippen molar-refractivity contribution in [2.45, 2.75) is 45.6 Å². The fourth-order valence-corrected chi connectivity index (χ4v) is 4.80. The zero-order chi connectivity index (χ0) is 20.4. The monoisotopic (exact) mass is 414 g/mol. The maximum absolute atomic E-state index is 13.1. The molecule has 1 fully saturated rings. The number of hydrogen-bond acceptors (Lipinski definition) is 4. The molecular weight excluding hydrogens is 391 g/mol.